The van der Waals surface area contributed by atoms with Crippen LogP contribution in [0.5, 0.6) is 0 Å². The SMILES string of the molecule is N=C1CC(N)=N1. The van der Waals surface area contributed by atoms with Crippen LogP contribution < -0.4 is 5.73 Å². The first kappa shape index (κ1) is 3.33. The van der Waals surface area contributed by atoms with E-state index in [4.69, 9.17) is 11.1 Å². The average Bonchev–Trinajstić information content (AvgIpc) is 1.33. The van der Waals surface area contributed by atoms with E-state index < -0.39 is 0 Å². The van der Waals surface area contributed by atoms with Gasteiger partial charge in [0.25, 0.3) is 0 Å². The maximum atomic E-state index is 6.69. The Kier molecular flexibility index (Phi) is 0.445. The Morgan fingerprint density at radius 2 is 2.33 bits per heavy atom. The van der Waals surface area contributed by atoms with Gasteiger partial charge in [-0.25, -0.2) is 4.99 Å². The fourth-order valence-electron chi connectivity index (χ4n) is 0.333. The summed E-state index contributed by atoms with van der Waals surface area (Å²) in [5, 5.41) is 6.69. The Morgan fingerprint density at radius 3 is 2.33 bits per heavy atom. The van der Waals surface area contributed by atoms with E-state index in [1.165, 1.54) is 0 Å². The van der Waals surface area contributed by atoms with Crippen molar-refractivity contribution in [3.05, 3.63) is 0 Å². The van der Waals surface area contributed by atoms with Crippen LogP contribution in [-0.2, 0) is 0 Å². The van der Waals surface area contributed by atoms with Gasteiger partial charge in [0.15, 0.2) is 0 Å². The van der Waals surface area contributed by atoms with Gasteiger partial charge in [0, 0.05) is 0 Å². The van der Waals surface area contributed by atoms with Crippen molar-refractivity contribution in [2.24, 2.45) is 10.7 Å². The van der Waals surface area contributed by atoms with Crippen molar-refractivity contribution in [2.75, 3.05) is 0 Å². The van der Waals surface area contributed by atoms with E-state index in [1.807, 2.05) is 0 Å². The van der Waals surface area contributed by atoms with Gasteiger partial charge in [-0.05, 0) is 0 Å². The molecule has 0 aromatic rings. The fraction of sp³-hybridized carbons (Fsp3) is 0.333. The van der Waals surface area contributed by atoms with Crippen molar-refractivity contribution in [2.45, 2.75) is 6.42 Å². The van der Waals surface area contributed by atoms with Crippen LogP contribution in [0.1, 0.15) is 6.42 Å². The van der Waals surface area contributed by atoms with E-state index >= 15 is 0 Å². The average molecular weight is 83.1 g/mol. The summed E-state index contributed by atoms with van der Waals surface area (Å²) in [6.45, 7) is 0. The van der Waals surface area contributed by atoms with E-state index in [1.54, 1.807) is 0 Å². The molecule has 0 aromatic carbocycles. The molecule has 32 valence electrons. The van der Waals surface area contributed by atoms with Crippen LogP contribution in [0.4, 0.5) is 0 Å². The summed E-state index contributed by atoms with van der Waals surface area (Å²) < 4.78 is 0. The van der Waals surface area contributed by atoms with E-state index in [0.717, 1.165) is 0 Å². The smallest absolute Gasteiger partial charge is 0.130 e. The summed E-state index contributed by atoms with van der Waals surface area (Å²) >= 11 is 0. The zero-order valence-electron chi connectivity index (χ0n) is 3.23. The summed E-state index contributed by atoms with van der Waals surface area (Å²) in [5.41, 5.74) is 5.08. The molecular weight excluding hydrogens is 78.1 g/mol. The van der Waals surface area contributed by atoms with Gasteiger partial charge in [-0.3, -0.25) is 5.41 Å². The predicted octanol–water partition coefficient (Wildman–Crippen LogP) is -0.275. The normalized spacial score (nSPS) is 19.3. The standard InChI is InChI=1S/C3H5N3/c4-2-1-3(5)6-2/h1H2,(H3,4,5,6). The van der Waals surface area contributed by atoms with Gasteiger partial charge < -0.3 is 5.73 Å². The number of rotatable bonds is 0. The lowest BCUT2D eigenvalue weighted by Crippen LogP contribution is -2.25. The zero-order valence-corrected chi connectivity index (χ0v) is 3.23. The highest BCUT2D eigenvalue weighted by Crippen LogP contribution is 1.96. The zero-order chi connectivity index (χ0) is 4.57. The Labute approximate surface area is 35.4 Å². The Balaban J connectivity index is 2.68. The molecule has 0 amide bonds. The van der Waals surface area contributed by atoms with Gasteiger partial charge >= 0.3 is 0 Å². The summed E-state index contributed by atoms with van der Waals surface area (Å²) in [4.78, 5) is 3.50. The third-order valence-electron chi connectivity index (χ3n) is 0.627. The molecule has 1 aliphatic rings. The predicted molar refractivity (Wildman–Crippen MR) is 24.0 cm³/mol. The lowest BCUT2D eigenvalue weighted by atomic mass is 10.3. The van der Waals surface area contributed by atoms with Gasteiger partial charge in [-0.2, -0.15) is 0 Å². The highest BCUT2D eigenvalue weighted by atomic mass is 15.0. The van der Waals surface area contributed by atoms with Gasteiger partial charge in [0.1, 0.15) is 11.7 Å². The molecule has 1 heterocycles. The van der Waals surface area contributed by atoms with Crippen LogP contribution >= 0.6 is 0 Å². The Hall–Kier alpha value is -0.860. The molecule has 1 aliphatic heterocycles. The monoisotopic (exact) mass is 83.0 g/mol. The quantitative estimate of drug-likeness (QED) is 0.416. The molecule has 1 rings (SSSR count). The van der Waals surface area contributed by atoms with E-state index in [0.29, 0.717) is 18.1 Å². The minimum atomic E-state index is 0.396. The summed E-state index contributed by atoms with van der Waals surface area (Å²) in [6, 6.07) is 0. The van der Waals surface area contributed by atoms with E-state index in [-0.39, 0.29) is 0 Å². The number of aliphatic imine (C=N–C) groups is 1. The number of nitrogens with one attached hydrogen (secondary N) is 1. The van der Waals surface area contributed by atoms with E-state index in [2.05, 4.69) is 4.99 Å². The van der Waals surface area contributed by atoms with Crippen LogP contribution in [0.15, 0.2) is 4.99 Å². The number of hydrogen-bond acceptors (Lipinski definition) is 2. The molecule has 3 N–H and O–H groups in total. The fourth-order valence-corrected chi connectivity index (χ4v) is 0.333. The first-order valence-corrected chi connectivity index (χ1v) is 1.69. The van der Waals surface area contributed by atoms with Crippen molar-refractivity contribution in [1.29, 1.82) is 5.41 Å². The second-order valence-corrected chi connectivity index (χ2v) is 1.23. The molecular formula is C3H5N3. The minimum absolute atomic E-state index is 0.396. The van der Waals surface area contributed by atoms with Crippen LogP contribution in [0.3, 0.4) is 0 Å². The third-order valence-corrected chi connectivity index (χ3v) is 0.627. The van der Waals surface area contributed by atoms with Crippen LogP contribution in [0.2, 0.25) is 0 Å². The van der Waals surface area contributed by atoms with Gasteiger partial charge in [0.2, 0.25) is 0 Å². The van der Waals surface area contributed by atoms with E-state index in [9.17, 15) is 0 Å². The maximum Gasteiger partial charge on any atom is 0.130 e. The first-order valence-electron chi connectivity index (χ1n) is 1.69. The van der Waals surface area contributed by atoms with Gasteiger partial charge in [0.05, 0.1) is 6.42 Å². The van der Waals surface area contributed by atoms with Crippen molar-refractivity contribution in [1.82, 2.24) is 0 Å². The molecule has 0 atom stereocenters. The molecule has 0 fully saturated rings. The largest absolute Gasteiger partial charge is 0.387 e. The molecule has 3 heteroatoms. The second kappa shape index (κ2) is 0.801. The second-order valence-electron chi connectivity index (χ2n) is 1.23. The van der Waals surface area contributed by atoms with Crippen molar-refractivity contribution in [3.63, 3.8) is 0 Å². The van der Waals surface area contributed by atoms with Gasteiger partial charge in [-0.1, -0.05) is 0 Å². The number of nitrogens with two attached hydrogens (primary N) is 1. The van der Waals surface area contributed by atoms with Crippen molar-refractivity contribution < 1.29 is 0 Å². The molecule has 0 saturated carbocycles. The Morgan fingerprint density at radius 1 is 1.83 bits per heavy atom. The first-order chi connectivity index (χ1) is 2.79. The van der Waals surface area contributed by atoms with Crippen molar-refractivity contribution >= 4 is 11.7 Å². The number of amidine groups is 2. The highest BCUT2D eigenvalue weighted by molar-refractivity contribution is 6.14. The van der Waals surface area contributed by atoms with Crippen molar-refractivity contribution in [3.8, 4) is 0 Å². The van der Waals surface area contributed by atoms with Crippen LogP contribution in [-0.4, -0.2) is 11.7 Å². The molecule has 0 radical (unpaired) electrons. The molecule has 3 nitrogen and oxygen atoms in total. The molecule has 0 aliphatic carbocycles. The molecule has 0 aromatic heterocycles. The summed E-state index contributed by atoms with van der Waals surface area (Å²) in [7, 11) is 0. The minimum Gasteiger partial charge on any atom is -0.387 e. The molecule has 0 saturated heterocycles. The third kappa shape index (κ3) is 0.282. The molecule has 6 heavy (non-hydrogen) atoms. The summed E-state index contributed by atoms with van der Waals surface area (Å²) in [6.07, 6.45) is 0.583. The summed E-state index contributed by atoms with van der Waals surface area (Å²) in [5.74, 6) is 0.979. The maximum absolute atomic E-state index is 6.69. The molecule has 0 bridgehead atoms. The molecule has 0 unspecified atom stereocenters. The lowest BCUT2D eigenvalue weighted by molar-refractivity contribution is 1.24. The lowest BCUT2D eigenvalue weighted by Gasteiger charge is -2.06. The number of hydrogen-bond donors (Lipinski definition) is 2. The topological polar surface area (TPSA) is 62.2 Å². The van der Waals surface area contributed by atoms with Gasteiger partial charge in [-0.15, -0.1) is 0 Å². The van der Waals surface area contributed by atoms with Crippen LogP contribution in [0, 0.1) is 5.41 Å². The molecule has 0 spiro atoms. The number of nitrogens with zero attached hydrogens (tertiary/aromatic N) is 1. The Bertz CT molecular complexity index is 113. The highest BCUT2D eigenvalue weighted by Gasteiger charge is 2.07. The van der Waals surface area contributed by atoms with Crippen LogP contribution in [0.25, 0.3) is 0 Å².